The zero-order chi connectivity index (χ0) is 9.07. The molecule has 0 aliphatic heterocycles. The van der Waals surface area contributed by atoms with Gasteiger partial charge >= 0.3 is 0 Å². The molecular weight excluding hydrogens is 168 g/mol. The first-order valence-corrected chi connectivity index (χ1v) is 5.22. The molecule has 0 saturated heterocycles. The van der Waals surface area contributed by atoms with Crippen molar-refractivity contribution in [2.45, 2.75) is 26.1 Å². The molecule has 0 aromatic heterocycles. The molecule has 0 rings (SSSR count). The van der Waals surface area contributed by atoms with E-state index < -0.39 is 22.0 Å². The van der Waals surface area contributed by atoms with Gasteiger partial charge in [-0.2, -0.15) is 0 Å². The van der Waals surface area contributed by atoms with Crippen LogP contribution in [0.1, 0.15) is 13.8 Å². The molecule has 0 radical (unpaired) electrons. The van der Waals surface area contributed by atoms with Crippen LogP contribution in [0.4, 0.5) is 0 Å². The Kier molecular flexibility index (Phi) is 3.99. The fourth-order valence-corrected chi connectivity index (χ4v) is 2.41. The van der Waals surface area contributed by atoms with Crippen LogP contribution in [-0.4, -0.2) is 42.3 Å². The monoisotopic (exact) mass is 182 g/mol. The number of hydrogen-bond donors (Lipinski definition) is 2. The average Bonchev–Trinajstić information content (AvgIpc) is 1.53. The molecular formula is C6H14O4S. The van der Waals surface area contributed by atoms with Crippen LogP contribution in [0, 0.1) is 0 Å². The quantitative estimate of drug-likeness (QED) is 0.594. The van der Waals surface area contributed by atoms with Crippen molar-refractivity contribution in [1.82, 2.24) is 0 Å². The Hall–Kier alpha value is -0.130. The molecule has 0 amide bonds. The molecule has 0 spiro atoms. The van der Waals surface area contributed by atoms with Crippen molar-refractivity contribution in [3.05, 3.63) is 0 Å². The van der Waals surface area contributed by atoms with Crippen LogP contribution in [0.25, 0.3) is 0 Å². The van der Waals surface area contributed by atoms with E-state index in [9.17, 15) is 8.42 Å². The van der Waals surface area contributed by atoms with Crippen molar-refractivity contribution in [2.24, 2.45) is 0 Å². The molecule has 0 heterocycles. The second-order valence-electron chi connectivity index (χ2n) is 2.77. The zero-order valence-corrected chi connectivity index (χ0v) is 7.50. The maximum Gasteiger partial charge on any atom is 0.155 e. The number of hydrogen-bond acceptors (Lipinski definition) is 4. The fraction of sp³-hybridized carbons (Fsp3) is 1.00. The summed E-state index contributed by atoms with van der Waals surface area (Å²) >= 11 is 0. The normalized spacial score (nSPS) is 17.8. The van der Waals surface area contributed by atoms with Gasteiger partial charge < -0.3 is 10.2 Å². The van der Waals surface area contributed by atoms with Gasteiger partial charge in [0.05, 0.1) is 23.7 Å². The molecule has 2 N–H and O–H groups in total. The molecule has 68 valence electrons. The van der Waals surface area contributed by atoms with Crippen LogP contribution in [0.3, 0.4) is 0 Å². The summed E-state index contributed by atoms with van der Waals surface area (Å²) in [6, 6.07) is 0. The van der Waals surface area contributed by atoms with E-state index in [2.05, 4.69) is 0 Å². The largest absolute Gasteiger partial charge is 0.392 e. The summed E-state index contributed by atoms with van der Waals surface area (Å²) in [6.45, 7) is 2.80. The first kappa shape index (κ1) is 10.9. The number of aliphatic hydroxyl groups excluding tert-OH is 2. The van der Waals surface area contributed by atoms with E-state index in [1.54, 1.807) is 0 Å². The molecule has 0 saturated carbocycles. The van der Waals surface area contributed by atoms with Gasteiger partial charge in [-0.05, 0) is 13.8 Å². The Labute approximate surface area is 66.8 Å². The highest BCUT2D eigenvalue weighted by atomic mass is 32.2. The van der Waals surface area contributed by atoms with Gasteiger partial charge in [0.1, 0.15) is 0 Å². The van der Waals surface area contributed by atoms with E-state index in [0.29, 0.717) is 0 Å². The topological polar surface area (TPSA) is 74.6 Å². The number of aliphatic hydroxyl groups is 2. The molecule has 0 aromatic carbocycles. The summed E-state index contributed by atoms with van der Waals surface area (Å²) in [4.78, 5) is 0. The predicted octanol–water partition coefficient (Wildman–Crippen LogP) is -0.837. The standard InChI is InChI=1S/C6H14O4S/c1-5(7)3-11(9,10)4-6(2)8/h5-8H,3-4H2,1-2H3/t5-,6+. The van der Waals surface area contributed by atoms with Crippen molar-refractivity contribution < 1.29 is 18.6 Å². The Balaban J connectivity index is 4.03. The van der Waals surface area contributed by atoms with Crippen molar-refractivity contribution >= 4 is 9.84 Å². The first-order valence-electron chi connectivity index (χ1n) is 3.40. The smallest absolute Gasteiger partial charge is 0.155 e. The van der Waals surface area contributed by atoms with Crippen LogP contribution in [-0.2, 0) is 9.84 Å². The molecule has 5 heteroatoms. The highest BCUT2D eigenvalue weighted by Crippen LogP contribution is 1.97. The van der Waals surface area contributed by atoms with E-state index in [-0.39, 0.29) is 11.5 Å². The van der Waals surface area contributed by atoms with Crippen LogP contribution in [0.2, 0.25) is 0 Å². The van der Waals surface area contributed by atoms with Crippen molar-refractivity contribution in [2.75, 3.05) is 11.5 Å². The predicted molar refractivity (Wildman–Crippen MR) is 42.0 cm³/mol. The lowest BCUT2D eigenvalue weighted by molar-refractivity contribution is 0.210. The van der Waals surface area contributed by atoms with Crippen LogP contribution in [0.5, 0.6) is 0 Å². The number of sulfone groups is 1. The third-order valence-corrected chi connectivity index (χ3v) is 2.97. The lowest BCUT2D eigenvalue weighted by Gasteiger charge is -2.07. The highest BCUT2D eigenvalue weighted by molar-refractivity contribution is 7.91. The summed E-state index contributed by atoms with van der Waals surface area (Å²) in [7, 11) is -3.28. The SMILES string of the molecule is C[C@H](O)CS(=O)(=O)C[C@@H](C)O. The van der Waals surface area contributed by atoms with E-state index in [1.807, 2.05) is 0 Å². The molecule has 0 aromatic rings. The Morgan fingerprint density at radius 2 is 1.36 bits per heavy atom. The second-order valence-corrected chi connectivity index (χ2v) is 4.93. The van der Waals surface area contributed by atoms with Crippen molar-refractivity contribution in [3.63, 3.8) is 0 Å². The Morgan fingerprint density at radius 3 is 1.55 bits per heavy atom. The molecule has 0 aliphatic carbocycles. The molecule has 11 heavy (non-hydrogen) atoms. The van der Waals surface area contributed by atoms with E-state index >= 15 is 0 Å². The summed E-state index contributed by atoms with van der Waals surface area (Å²) in [5, 5.41) is 17.5. The van der Waals surface area contributed by atoms with Crippen molar-refractivity contribution in [1.29, 1.82) is 0 Å². The minimum Gasteiger partial charge on any atom is -0.392 e. The van der Waals surface area contributed by atoms with Gasteiger partial charge in [0.25, 0.3) is 0 Å². The van der Waals surface area contributed by atoms with Gasteiger partial charge in [-0.3, -0.25) is 0 Å². The lowest BCUT2D eigenvalue weighted by Crippen LogP contribution is -2.25. The molecule has 0 aliphatic rings. The summed E-state index contributed by atoms with van der Waals surface area (Å²) in [6.07, 6.45) is -1.72. The van der Waals surface area contributed by atoms with E-state index in [1.165, 1.54) is 13.8 Å². The Morgan fingerprint density at radius 1 is 1.09 bits per heavy atom. The number of rotatable bonds is 4. The van der Waals surface area contributed by atoms with Crippen LogP contribution in [0.15, 0.2) is 0 Å². The molecule has 0 fully saturated rings. The lowest BCUT2D eigenvalue weighted by atomic mass is 10.5. The van der Waals surface area contributed by atoms with Crippen LogP contribution < -0.4 is 0 Å². The highest BCUT2D eigenvalue weighted by Gasteiger charge is 2.16. The minimum atomic E-state index is -3.28. The maximum absolute atomic E-state index is 10.9. The first-order chi connectivity index (χ1) is 4.83. The zero-order valence-electron chi connectivity index (χ0n) is 6.69. The van der Waals surface area contributed by atoms with Gasteiger partial charge in [0, 0.05) is 0 Å². The van der Waals surface area contributed by atoms with Gasteiger partial charge in [-0.25, -0.2) is 8.42 Å². The van der Waals surface area contributed by atoms with E-state index in [0.717, 1.165) is 0 Å². The Bertz CT molecular complexity index is 177. The van der Waals surface area contributed by atoms with Gasteiger partial charge in [-0.1, -0.05) is 0 Å². The second kappa shape index (κ2) is 4.04. The molecule has 4 nitrogen and oxygen atoms in total. The fourth-order valence-electron chi connectivity index (χ4n) is 0.803. The third-order valence-electron chi connectivity index (χ3n) is 0.990. The summed E-state index contributed by atoms with van der Waals surface area (Å²) < 4.78 is 21.9. The van der Waals surface area contributed by atoms with Gasteiger partial charge in [0.2, 0.25) is 0 Å². The third kappa shape index (κ3) is 6.28. The average molecular weight is 182 g/mol. The minimum absolute atomic E-state index is 0.280. The summed E-state index contributed by atoms with van der Waals surface area (Å²) in [5.74, 6) is -0.560. The summed E-state index contributed by atoms with van der Waals surface area (Å²) in [5.41, 5.74) is 0. The maximum atomic E-state index is 10.9. The molecule has 0 unspecified atom stereocenters. The van der Waals surface area contributed by atoms with Crippen LogP contribution >= 0.6 is 0 Å². The molecule has 2 atom stereocenters. The van der Waals surface area contributed by atoms with E-state index in [4.69, 9.17) is 10.2 Å². The van der Waals surface area contributed by atoms with Gasteiger partial charge in [0.15, 0.2) is 9.84 Å². The van der Waals surface area contributed by atoms with Gasteiger partial charge in [-0.15, -0.1) is 0 Å². The van der Waals surface area contributed by atoms with Crippen molar-refractivity contribution in [3.8, 4) is 0 Å². The molecule has 0 bridgehead atoms.